The Morgan fingerprint density at radius 1 is 1.32 bits per heavy atom. The van der Waals surface area contributed by atoms with E-state index < -0.39 is 5.41 Å². The third-order valence-electron chi connectivity index (χ3n) is 5.38. The highest BCUT2D eigenvalue weighted by atomic mass is 32.1. The minimum absolute atomic E-state index is 0.000126. The monoisotopic (exact) mass is 401 g/mol. The molecule has 28 heavy (non-hydrogen) atoms. The highest BCUT2D eigenvalue weighted by Crippen LogP contribution is 2.33. The molecule has 1 atom stereocenters. The van der Waals surface area contributed by atoms with Gasteiger partial charge in [-0.15, -0.1) is 11.3 Å². The molecule has 1 aliphatic heterocycles. The van der Waals surface area contributed by atoms with Crippen LogP contribution in [-0.4, -0.2) is 36.0 Å². The number of amides is 1. The number of para-hydroxylation sites is 1. The SMILES string of the molecule is COc1ccccc1CN1CCC([C@@H](NC(=O)C(C)(C)C)c2nccs2)CC1. The van der Waals surface area contributed by atoms with Crippen LogP contribution in [0.3, 0.4) is 0 Å². The predicted molar refractivity (Wildman–Crippen MR) is 113 cm³/mol. The molecule has 1 aliphatic rings. The van der Waals surface area contributed by atoms with Gasteiger partial charge in [-0.05, 0) is 37.9 Å². The molecule has 0 unspecified atom stereocenters. The van der Waals surface area contributed by atoms with E-state index in [4.69, 9.17) is 4.74 Å². The van der Waals surface area contributed by atoms with Gasteiger partial charge in [0.25, 0.3) is 0 Å². The summed E-state index contributed by atoms with van der Waals surface area (Å²) in [7, 11) is 1.72. The summed E-state index contributed by atoms with van der Waals surface area (Å²) < 4.78 is 5.49. The lowest BCUT2D eigenvalue weighted by Gasteiger charge is -2.36. The van der Waals surface area contributed by atoms with Crippen LogP contribution in [0, 0.1) is 11.3 Å². The molecular formula is C22H31N3O2S. The number of nitrogens with zero attached hydrogens (tertiary/aromatic N) is 2. The molecule has 6 heteroatoms. The zero-order valence-electron chi connectivity index (χ0n) is 17.3. The van der Waals surface area contributed by atoms with Crippen molar-refractivity contribution in [2.45, 2.75) is 46.2 Å². The molecule has 152 valence electrons. The third-order valence-corrected chi connectivity index (χ3v) is 6.23. The van der Waals surface area contributed by atoms with Crippen LogP contribution in [0.2, 0.25) is 0 Å². The first-order valence-corrected chi connectivity index (χ1v) is 10.8. The van der Waals surface area contributed by atoms with Crippen molar-refractivity contribution < 1.29 is 9.53 Å². The smallest absolute Gasteiger partial charge is 0.225 e. The first-order chi connectivity index (χ1) is 13.4. The topological polar surface area (TPSA) is 54.5 Å². The number of carbonyl (C=O) groups excluding carboxylic acids is 1. The van der Waals surface area contributed by atoms with Crippen LogP contribution >= 0.6 is 11.3 Å². The second-order valence-corrected chi connectivity index (χ2v) is 9.42. The molecule has 1 saturated heterocycles. The normalized spacial score (nSPS) is 17.3. The molecule has 0 saturated carbocycles. The summed E-state index contributed by atoms with van der Waals surface area (Å²) >= 11 is 1.63. The number of ether oxygens (including phenoxy) is 1. The summed E-state index contributed by atoms with van der Waals surface area (Å²) in [5.74, 6) is 1.44. The maximum absolute atomic E-state index is 12.6. The van der Waals surface area contributed by atoms with E-state index >= 15 is 0 Å². The maximum Gasteiger partial charge on any atom is 0.225 e. The van der Waals surface area contributed by atoms with Crippen molar-refractivity contribution in [2.24, 2.45) is 11.3 Å². The number of piperidine rings is 1. The number of methoxy groups -OCH3 is 1. The molecular weight excluding hydrogens is 370 g/mol. The highest BCUT2D eigenvalue weighted by molar-refractivity contribution is 7.09. The van der Waals surface area contributed by atoms with Crippen LogP contribution in [0.5, 0.6) is 5.75 Å². The molecule has 0 spiro atoms. The summed E-state index contributed by atoms with van der Waals surface area (Å²) in [6, 6.07) is 8.21. The molecule has 1 fully saturated rings. The second-order valence-electron chi connectivity index (χ2n) is 8.50. The van der Waals surface area contributed by atoms with Crippen LogP contribution in [0.25, 0.3) is 0 Å². The van der Waals surface area contributed by atoms with Gasteiger partial charge in [0.1, 0.15) is 10.8 Å². The number of rotatable bonds is 6. The van der Waals surface area contributed by atoms with Crippen molar-refractivity contribution in [3.05, 3.63) is 46.4 Å². The van der Waals surface area contributed by atoms with Gasteiger partial charge in [0.15, 0.2) is 0 Å². The van der Waals surface area contributed by atoms with Crippen molar-refractivity contribution in [2.75, 3.05) is 20.2 Å². The Balaban J connectivity index is 1.64. The molecule has 3 rings (SSSR count). The Kier molecular flexibility index (Phi) is 6.73. The fraction of sp³-hybridized carbons (Fsp3) is 0.545. The van der Waals surface area contributed by atoms with E-state index in [9.17, 15) is 4.79 Å². The summed E-state index contributed by atoms with van der Waals surface area (Å²) in [4.78, 5) is 19.6. The molecule has 1 amide bonds. The fourth-order valence-corrected chi connectivity index (χ4v) is 4.43. The van der Waals surface area contributed by atoms with E-state index in [1.165, 1.54) is 5.56 Å². The number of hydrogen-bond donors (Lipinski definition) is 1. The summed E-state index contributed by atoms with van der Waals surface area (Å²) in [5, 5.41) is 6.29. The Hall–Kier alpha value is -1.92. The van der Waals surface area contributed by atoms with Crippen molar-refractivity contribution in [3.63, 3.8) is 0 Å². The highest BCUT2D eigenvalue weighted by Gasteiger charge is 2.33. The minimum Gasteiger partial charge on any atom is -0.496 e. The molecule has 1 N–H and O–H groups in total. The Morgan fingerprint density at radius 3 is 2.64 bits per heavy atom. The largest absolute Gasteiger partial charge is 0.496 e. The fourth-order valence-electron chi connectivity index (χ4n) is 3.65. The number of aromatic nitrogens is 1. The predicted octanol–water partition coefficient (Wildman–Crippen LogP) is 4.27. The molecule has 1 aromatic heterocycles. The summed E-state index contributed by atoms with van der Waals surface area (Å²) in [6.45, 7) is 8.78. The number of carbonyl (C=O) groups is 1. The van der Waals surface area contributed by atoms with E-state index in [1.807, 2.05) is 44.5 Å². The molecule has 0 bridgehead atoms. The molecule has 0 radical (unpaired) electrons. The van der Waals surface area contributed by atoms with Gasteiger partial charge in [-0.3, -0.25) is 9.69 Å². The Morgan fingerprint density at radius 2 is 2.04 bits per heavy atom. The van der Waals surface area contributed by atoms with Gasteiger partial charge in [-0.2, -0.15) is 0 Å². The average molecular weight is 402 g/mol. The van der Waals surface area contributed by atoms with Crippen molar-refractivity contribution >= 4 is 17.2 Å². The van der Waals surface area contributed by atoms with Gasteiger partial charge in [0.2, 0.25) is 5.91 Å². The quantitative estimate of drug-likeness (QED) is 0.785. The van der Waals surface area contributed by atoms with Crippen molar-refractivity contribution in [1.29, 1.82) is 0 Å². The zero-order valence-corrected chi connectivity index (χ0v) is 18.1. The number of benzene rings is 1. The lowest BCUT2D eigenvalue weighted by Crippen LogP contribution is -2.43. The van der Waals surface area contributed by atoms with Gasteiger partial charge in [-0.1, -0.05) is 39.0 Å². The number of likely N-dealkylation sites (tertiary alicyclic amines) is 1. The number of hydrogen-bond acceptors (Lipinski definition) is 5. The molecule has 0 aliphatic carbocycles. The van der Waals surface area contributed by atoms with Gasteiger partial charge in [0, 0.05) is 29.1 Å². The molecule has 1 aromatic carbocycles. The van der Waals surface area contributed by atoms with Gasteiger partial charge < -0.3 is 10.1 Å². The van der Waals surface area contributed by atoms with Crippen molar-refractivity contribution in [1.82, 2.24) is 15.2 Å². The van der Waals surface area contributed by atoms with Crippen LogP contribution in [0.15, 0.2) is 35.8 Å². The maximum atomic E-state index is 12.6. The zero-order chi connectivity index (χ0) is 20.1. The third kappa shape index (κ3) is 5.11. The summed E-state index contributed by atoms with van der Waals surface area (Å²) in [6.07, 6.45) is 3.92. The van der Waals surface area contributed by atoms with Gasteiger partial charge >= 0.3 is 0 Å². The van der Waals surface area contributed by atoms with Gasteiger partial charge in [-0.25, -0.2) is 4.98 Å². The number of thiazole rings is 1. The molecule has 5 nitrogen and oxygen atoms in total. The van der Waals surface area contributed by atoms with Crippen LogP contribution < -0.4 is 10.1 Å². The van der Waals surface area contributed by atoms with E-state index in [0.29, 0.717) is 5.92 Å². The standard InChI is InChI=1S/C22H31N3O2S/c1-22(2,3)21(26)24-19(20-23-11-14-28-20)16-9-12-25(13-10-16)15-17-7-5-6-8-18(17)27-4/h5-8,11,14,16,19H,9-10,12-13,15H2,1-4H3,(H,24,26)/t19-/m1/s1. The first-order valence-electron chi connectivity index (χ1n) is 9.93. The lowest BCUT2D eigenvalue weighted by atomic mass is 9.87. The Labute approximate surface area is 172 Å². The van der Waals surface area contributed by atoms with Crippen LogP contribution in [0.4, 0.5) is 0 Å². The van der Waals surface area contributed by atoms with Crippen LogP contribution in [-0.2, 0) is 11.3 Å². The minimum atomic E-state index is -0.403. The van der Waals surface area contributed by atoms with E-state index in [-0.39, 0.29) is 11.9 Å². The van der Waals surface area contributed by atoms with Crippen molar-refractivity contribution in [3.8, 4) is 5.75 Å². The molecule has 2 heterocycles. The molecule has 2 aromatic rings. The lowest BCUT2D eigenvalue weighted by molar-refractivity contribution is -0.129. The first kappa shape index (κ1) is 20.8. The Bertz CT molecular complexity index is 762. The number of nitrogens with one attached hydrogen (secondary N) is 1. The van der Waals surface area contributed by atoms with E-state index in [1.54, 1.807) is 18.4 Å². The van der Waals surface area contributed by atoms with E-state index in [2.05, 4.69) is 27.3 Å². The summed E-state index contributed by atoms with van der Waals surface area (Å²) in [5.41, 5.74) is 0.820. The van der Waals surface area contributed by atoms with Crippen LogP contribution in [0.1, 0.15) is 50.2 Å². The van der Waals surface area contributed by atoms with Gasteiger partial charge in [0.05, 0.1) is 13.2 Å². The average Bonchev–Trinajstić information content (AvgIpc) is 3.21. The van der Waals surface area contributed by atoms with E-state index in [0.717, 1.165) is 43.2 Å². The second kappa shape index (κ2) is 9.05.